The first-order valence-electron chi connectivity index (χ1n) is 7.68. The third-order valence-corrected chi connectivity index (χ3v) is 4.85. The van der Waals surface area contributed by atoms with Crippen molar-refractivity contribution in [3.05, 3.63) is 51.5 Å². The van der Waals surface area contributed by atoms with Gasteiger partial charge in [0.25, 0.3) is 0 Å². The summed E-state index contributed by atoms with van der Waals surface area (Å²) >= 11 is 12.0. The Hall–Kier alpha value is -1.62. The minimum absolute atomic E-state index is 0.0722. The lowest BCUT2D eigenvalue weighted by Crippen LogP contribution is -2.33. The lowest BCUT2D eigenvalue weighted by Gasteiger charge is -2.28. The van der Waals surface area contributed by atoms with E-state index in [1.54, 1.807) is 26.4 Å². The predicted octanol–water partition coefficient (Wildman–Crippen LogP) is 4.28. The number of ether oxygens (including phenoxy) is 3. The van der Waals surface area contributed by atoms with Crippen LogP contribution in [-0.2, 0) is 6.42 Å². The van der Waals surface area contributed by atoms with Gasteiger partial charge in [0.1, 0.15) is 12.4 Å². The highest BCUT2D eigenvalue weighted by atomic mass is 35.5. The van der Waals surface area contributed by atoms with E-state index in [0.717, 1.165) is 24.5 Å². The van der Waals surface area contributed by atoms with Gasteiger partial charge in [-0.25, -0.2) is 0 Å². The van der Waals surface area contributed by atoms with E-state index < -0.39 is 0 Å². The SMILES string of the molecule is COc1cc2c(cc1OC)C(COc1ccc(Cl)c(Cl)c1)NCC2. The minimum atomic E-state index is 0.0722. The van der Waals surface area contributed by atoms with Gasteiger partial charge in [0.05, 0.1) is 30.3 Å². The number of hydrogen-bond donors (Lipinski definition) is 1. The van der Waals surface area contributed by atoms with Gasteiger partial charge in [0.2, 0.25) is 0 Å². The molecule has 1 N–H and O–H groups in total. The Labute approximate surface area is 151 Å². The largest absolute Gasteiger partial charge is 0.493 e. The van der Waals surface area contributed by atoms with Crippen LogP contribution < -0.4 is 19.5 Å². The molecule has 1 aliphatic heterocycles. The fraction of sp³-hybridized carbons (Fsp3) is 0.333. The fourth-order valence-corrected chi connectivity index (χ4v) is 3.15. The first-order valence-corrected chi connectivity index (χ1v) is 8.44. The normalized spacial score (nSPS) is 16.4. The number of benzene rings is 2. The highest BCUT2D eigenvalue weighted by Crippen LogP contribution is 2.35. The molecule has 3 rings (SSSR count). The van der Waals surface area contributed by atoms with Crippen molar-refractivity contribution in [1.82, 2.24) is 5.32 Å². The monoisotopic (exact) mass is 367 g/mol. The highest BCUT2D eigenvalue weighted by Gasteiger charge is 2.23. The maximum atomic E-state index is 6.03. The maximum Gasteiger partial charge on any atom is 0.161 e. The average molecular weight is 368 g/mol. The Bertz CT molecular complexity index is 736. The lowest BCUT2D eigenvalue weighted by atomic mass is 9.94. The summed E-state index contributed by atoms with van der Waals surface area (Å²) in [7, 11) is 3.29. The fourth-order valence-electron chi connectivity index (χ4n) is 2.86. The number of rotatable bonds is 5. The molecule has 2 aromatic carbocycles. The van der Waals surface area contributed by atoms with Crippen molar-refractivity contribution >= 4 is 23.2 Å². The molecule has 0 radical (unpaired) electrons. The minimum Gasteiger partial charge on any atom is -0.493 e. The lowest BCUT2D eigenvalue weighted by molar-refractivity contribution is 0.260. The zero-order valence-corrected chi connectivity index (χ0v) is 15.1. The Morgan fingerprint density at radius 3 is 2.50 bits per heavy atom. The molecule has 0 saturated heterocycles. The van der Waals surface area contributed by atoms with Gasteiger partial charge in [-0.2, -0.15) is 0 Å². The Balaban J connectivity index is 1.80. The molecular weight excluding hydrogens is 349 g/mol. The number of halogens is 2. The van der Waals surface area contributed by atoms with Crippen LogP contribution in [0, 0.1) is 0 Å². The van der Waals surface area contributed by atoms with Crippen LogP contribution in [0.3, 0.4) is 0 Å². The van der Waals surface area contributed by atoms with E-state index in [1.165, 1.54) is 11.1 Å². The Kier molecular flexibility index (Phi) is 5.39. The molecule has 0 aliphatic carbocycles. The molecule has 1 aliphatic rings. The van der Waals surface area contributed by atoms with Crippen LogP contribution in [0.2, 0.25) is 10.0 Å². The highest BCUT2D eigenvalue weighted by molar-refractivity contribution is 6.42. The van der Waals surface area contributed by atoms with Crippen LogP contribution in [0.5, 0.6) is 17.2 Å². The molecule has 24 heavy (non-hydrogen) atoms. The van der Waals surface area contributed by atoms with Gasteiger partial charge in [-0.05, 0) is 48.4 Å². The van der Waals surface area contributed by atoms with Crippen molar-refractivity contribution in [1.29, 1.82) is 0 Å². The molecule has 0 aromatic heterocycles. The average Bonchev–Trinajstić information content (AvgIpc) is 2.61. The van der Waals surface area contributed by atoms with Crippen molar-refractivity contribution in [3.8, 4) is 17.2 Å². The number of hydrogen-bond acceptors (Lipinski definition) is 4. The third kappa shape index (κ3) is 3.56. The van der Waals surface area contributed by atoms with Crippen LogP contribution in [0.1, 0.15) is 17.2 Å². The summed E-state index contributed by atoms with van der Waals surface area (Å²) < 4.78 is 16.7. The van der Waals surface area contributed by atoms with Crippen molar-refractivity contribution in [2.24, 2.45) is 0 Å². The molecule has 4 nitrogen and oxygen atoms in total. The Morgan fingerprint density at radius 2 is 1.79 bits per heavy atom. The van der Waals surface area contributed by atoms with E-state index in [0.29, 0.717) is 22.4 Å². The number of methoxy groups -OCH3 is 2. The van der Waals surface area contributed by atoms with Crippen molar-refractivity contribution in [3.63, 3.8) is 0 Å². The molecule has 0 fully saturated rings. The van der Waals surface area contributed by atoms with Gasteiger partial charge in [0, 0.05) is 6.07 Å². The summed E-state index contributed by atoms with van der Waals surface area (Å²) in [5, 5.41) is 4.48. The summed E-state index contributed by atoms with van der Waals surface area (Å²) in [6, 6.07) is 9.40. The van der Waals surface area contributed by atoms with Crippen LogP contribution >= 0.6 is 23.2 Å². The summed E-state index contributed by atoms with van der Waals surface area (Å²) in [4.78, 5) is 0. The van der Waals surface area contributed by atoms with Gasteiger partial charge in [-0.3, -0.25) is 0 Å². The van der Waals surface area contributed by atoms with Gasteiger partial charge in [0.15, 0.2) is 11.5 Å². The van der Waals surface area contributed by atoms with Crippen molar-refractivity contribution < 1.29 is 14.2 Å². The van der Waals surface area contributed by atoms with E-state index in [9.17, 15) is 0 Å². The number of fused-ring (bicyclic) bond motifs is 1. The molecule has 6 heteroatoms. The first-order chi connectivity index (χ1) is 11.6. The summed E-state index contributed by atoms with van der Waals surface area (Å²) in [6.07, 6.45) is 0.943. The smallest absolute Gasteiger partial charge is 0.161 e. The summed E-state index contributed by atoms with van der Waals surface area (Å²) in [5.74, 6) is 2.17. The zero-order valence-electron chi connectivity index (χ0n) is 13.6. The van der Waals surface area contributed by atoms with Crippen LogP contribution in [0.4, 0.5) is 0 Å². The summed E-state index contributed by atoms with van der Waals surface area (Å²) in [6.45, 7) is 1.37. The van der Waals surface area contributed by atoms with Gasteiger partial charge in [-0.1, -0.05) is 23.2 Å². The van der Waals surface area contributed by atoms with E-state index in [4.69, 9.17) is 37.4 Å². The topological polar surface area (TPSA) is 39.7 Å². The molecule has 128 valence electrons. The number of nitrogens with one attached hydrogen (secondary N) is 1. The molecule has 1 heterocycles. The molecule has 2 aromatic rings. The standard InChI is InChI=1S/C18H19Cl2NO3/c1-22-17-7-11-5-6-21-16(13(11)9-18(17)23-2)10-24-12-3-4-14(19)15(20)8-12/h3-4,7-9,16,21H,5-6,10H2,1-2H3. The second-order valence-corrected chi connectivity index (χ2v) is 6.36. The van der Waals surface area contributed by atoms with E-state index in [1.807, 2.05) is 18.2 Å². The quantitative estimate of drug-likeness (QED) is 0.855. The maximum absolute atomic E-state index is 6.03. The Morgan fingerprint density at radius 1 is 1.04 bits per heavy atom. The first kappa shape index (κ1) is 17.2. The van der Waals surface area contributed by atoms with Crippen molar-refractivity contribution in [2.45, 2.75) is 12.5 Å². The van der Waals surface area contributed by atoms with Gasteiger partial charge in [-0.15, -0.1) is 0 Å². The molecule has 0 bridgehead atoms. The second kappa shape index (κ2) is 7.51. The second-order valence-electron chi connectivity index (χ2n) is 5.55. The molecule has 0 spiro atoms. The molecular formula is C18H19Cl2NO3. The van der Waals surface area contributed by atoms with E-state index in [-0.39, 0.29) is 6.04 Å². The summed E-state index contributed by atoms with van der Waals surface area (Å²) in [5.41, 5.74) is 2.41. The van der Waals surface area contributed by atoms with Gasteiger partial charge < -0.3 is 19.5 Å². The molecule has 0 saturated carbocycles. The van der Waals surface area contributed by atoms with Crippen LogP contribution in [-0.4, -0.2) is 27.4 Å². The van der Waals surface area contributed by atoms with E-state index >= 15 is 0 Å². The molecule has 1 atom stereocenters. The van der Waals surface area contributed by atoms with Crippen LogP contribution in [0.25, 0.3) is 0 Å². The zero-order chi connectivity index (χ0) is 17.1. The third-order valence-electron chi connectivity index (χ3n) is 4.11. The predicted molar refractivity (Wildman–Crippen MR) is 96.0 cm³/mol. The van der Waals surface area contributed by atoms with Crippen molar-refractivity contribution in [2.75, 3.05) is 27.4 Å². The van der Waals surface area contributed by atoms with Crippen LogP contribution in [0.15, 0.2) is 30.3 Å². The molecule has 0 amide bonds. The molecule has 1 unspecified atom stereocenters. The van der Waals surface area contributed by atoms with Gasteiger partial charge >= 0.3 is 0 Å². The van der Waals surface area contributed by atoms with E-state index in [2.05, 4.69) is 5.32 Å².